The Morgan fingerprint density at radius 2 is 1.76 bits per heavy atom. The van der Waals surface area contributed by atoms with E-state index in [1.165, 1.54) is 11.8 Å². The Hall–Kier alpha value is -3.43. The molecule has 1 fully saturated rings. The molecule has 0 radical (unpaired) electrons. The van der Waals surface area contributed by atoms with Crippen molar-refractivity contribution >= 4 is 62.0 Å². The quantitative estimate of drug-likeness (QED) is 0.339. The van der Waals surface area contributed by atoms with E-state index in [-0.39, 0.29) is 18.2 Å². The number of esters is 1. The van der Waals surface area contributed by atoms with Crippen LogP contribution in [-0.2, 0) is 20.7 Å². The van der Waals surface area contributed by atoms with Gasteiger partial charge in [0.25, 0.3) is 0 Å². The molecule has 9 heteroatoms. The number of amides is 2. The summed E-state index contributed by atoms with van der Waals surface area (Å²) >= 11 is 4.65. The average Bonchev–Trinajstić information content (AvgIpc) is 2.90. The molecule has 1 aliphatic heterocycles. The molecular formula is C28H26BrN3O4S. The molecule has 3 aromatic carbocycles. The van der Waals surface area contributed by atoms with E-state index >= 15 is 0 Å². The Morgan fingerprint density at radius 1 is 1.05 bits per heavy atom. The summed E-state index contributed by atoms with van der Waals surface area (Å²) in [4.78, 5) is 44.6. The van der Waals surface area contributed by atoms with Crippen LogP contribution in [0.15, 0.2) is 88.3 Å². The maximum absolute atomic E-state index is 13.2. The van der Waals surface area contributed by atoms with E-state index in [1.54, 1.807) is 48.2 Å². The van der Waals surface area contributed by atoms with Crippen LogP contribution in [0.3, 0.4) is 0 Å². The number of nitrogens with one attached hydrogen (secondary N) is 1. The van der Waals surface area contributed by atoms with Crippen molar-refractivity contribution < 1.29 is 19.1 Å². The first-order valence-corrected chi connectivity index (χ1v) is 13.5. The van der Waals surface area contributed by atoms with Crippen LogP contribution >= 0.6 is 27.7 Å². The molecule has 2 amide bonds. The topological polar surface area (TPSA) is 88.1 Å². The minimum atomic E-state index is -0.623. The number of nitrogens with zero attached hydrogens (tertiary/aromatic N) is 2. The summed E-state index contributed by atoms with van der Waals surface area (Å²) in [6.45, 7) is 2.49. The van der Waals surface area contributed by atoms with Crippen molar-refractivity contribution in [3.8, 4) is 0 Å². The van der Waals surface area contributed by atoms with Crippen LogP contribution in [0.2, 0.25) is 0 Å². The third-order valence-electron chi connectivity index (χ3n) is 5.61. The number of hydrogen-bond acceptors (Lipinski definition) is 6. The van der Waals surface area contributed by atoms with Crippen molar-refractivity contribution in [2.75, 3.05) is 18.5 Å². The third kappa shape index (κ3) is 7.30. The van der Waals surface area contributed by atoms with Gasteiger partial charge in [-0.15, -0.1) is 0 Å². The lowest BCUT2D eigenvalue weighted by Crippen LogP contribution is -2.46. The first kappa shape index (κ1) is 26.6. The lowest BCUT2D eigenvalue weighted by Gasteiger charge is -2.32. The third-order valence-corrected chi connectivity index (χ3v) is 7.33. The first-order valence-electron chi connectivity index (χ1n) is 11.9. The van der Waals surface area contributed by atoms with Gasteiger partial charge in [0.1, 0.15) is 5.25 Å². The molecule has 0 spiro atoms. The van der Waals surface area contributed by atoms with E-state index < -0.39 is 11.2 Å². The fourth-order valence-corrected chi connectivity index (χ4v) is 5.09. The molecule has 0 aliphatic carbocycles. The molecule has 0 bridgehead atoms. The highest BCUT2D eigenvalue weighted by Gasteiger charge is 2.35. The summed E-state index contributed by atoms with van der Waals surface area (Å²) in [6.07, 6.45) is 0.729. The number of thioether (sulfide) groups is 1. The zero-order valence-corrected chi connectivity index (χ0v) is 22.6. The fourth-order valence-electron chi connectivity index (χ4n) is 3.70. The fraction of sp³-hybridized carbons (Fsp3) is 0.214. The van der Waals surface area contributed by atoms with Crippen molar-refractivity contribution in [3.05, 3.63) is 94.5 Å². The van der Waals surface area contributed by atoms with Crippen LogP contribution in [0.1, 0.15) is 29.3 Å². The van der Waals surface area contributed by atoms with Crippen LogP contribution in [0.4, 0.5) is 11.4 Å². The molecule has 1 N–H and O–H groups in total. The maximum atomic E-state index is 13.2. The predicted octanol–water partition coefficient (Wildman–Crippen LogP) is 5.83. The number of aliphatic imine (C=N–C) groups is 1. The zero-order chi connectivity index (χ0) is 26.2. The summed E-state index contributed by atoms with van der Waals surface area (Å²) in [5.41, 5.74) is 2.75. The molecule has 190 valence electrons. The summed E-state index contributed by atoms with van der Waals surface area (Å²) in [7, 11) is 0. The molecule has 7 nitrogen and oxygen atoms in total. The van der Waals surface area contributed by atoms with Gasteiger partial charge in [-0.3, -0.25) is 14.5 Å². The predicted molar refractivity (Wildman–Crippen MR) is 150 cm³/mol. The van der Waals surface area contributed by atoms with E-state index in [1.807, 2.05) is 42.5 Å². The van der Waals surface area contributed by atoms with E-state index in [0.717, 1.165) is 10.0 Å². The molecule has 37 heavy (non-hydrogen) atoms. The van der Waals surface area contributed by atoms with Crippen molar-refractivity contribution in [1.29, 1.82) is 0 Å². The van der Waals surface area contributed by atoms with Crippen LogP contribution in [0, 0.1) is 0 Å². The van der Waals surface area contributed by atoms with Gasteiger partial charge in [-0.05, 0) is 67.4 Å². The summed E-state index contributed by atoms with van der Waals surface area (Å²) in [5, 5.41) is 2.72. The number of halogens is 1. The Bertz CT molecular complexity index is 1280. The van der Waals surface area contributed by atoms with Crippen LogP contribution in [-0.4, -0.2) is 46.3 Å². The standard InChI is InChI=1S/C28H26BrN3O4S/c1-2-36-27(35)20-8-12-23(13-9-20)31-28-32(17-16-19-6-4-3-5-7-19)25(33)18-24(37-28)26(34)30-22-14-10-21(29)11-15-22/h3-15,24H,2,16-18H2,1H3,(H,30,34). The first-order chi connectivity index (χ1) is 17.9. The number of ether oxygens (including phenoxy) is 1. The van der Waals surface area contributed by atoms with E-state index in [0.29, 0.717) is 41.7 Å². The van der Waals surface area contributed by atoms with Crippen molar-refractivity contribution in [2.45, 2.75) is 25.0 Å². The second-order valence-electron chi connectivity index (χ2n) is 8.25. The highest BCUT2D eigenvalue weighted by molar-refractivity contribution is 9.10. The summed E-state index contributed by atoms with van der Waals surface area (Å²) in [6, 6.07) is 23.9. The van der Waals surface area contributed by atoms with Gasteiger partial charge in [-0.1, -0.05) is 58.0 Å². The Morgan fingerprint density at radius 3 is 2.43 bits per heavy atom. The Balaban J connectivity index is 1.55. The monoisotopic (exact) mass is 579 g/mol. The van der Waals surface area contributed by atoms with Crippen LogP contribution in [0.5, 0.6) is 0 Å². The molecule has 1 aliphatic rings. The molecule has 1 saturated heterocycles. The number of carbonyl (C=O) groups excluding carboxylic acids is 3. The van der Waals surface area contributed by atoms with E-state index in [9.17, 15) is 14.4 Å². The second kappa shape index (κ2) is 12.7. The van der Waals surface area contributed by atoms with Gasteiger partial charge in [-0.2, -0.15) is 0 Å². The van der Waals surface area contributed by atoms with Crippen molar-refractivity contribution in [1.82, 2.24) is 4.90 Å². The largest absolute Gasteiger partial charge is 0.462 e. The van der Waals surface area contributed by atoms with Gasteiger partial charge in [-0.25, -0.2) is 9.79 Å². The maximum Gasteiger partial charge on any atom is 0.338 e. The van der Waals surface area contributed by atoms with Crippen LogP contribution in [0.25, 0.3) is 0 Å². The molecule has 0 aromatic heterocycles. The van der Waals surface area contributed by atoms with Crippen molar-refractivity contribution in [2.24, 2.45) is 4.99 Å². The minimum absolute atomic E-state index is 0.0721. The van der Waals surface area contributed by atoms with Gasteiger partial charge >= 0.3 is 5.97 Å². The molecule has 0 saturated carbocycles. The summed E-state index contributed by atoms with van der Waals surface area (Å²) < 4.78 is 5.95. The number of rotatable bonds is 8. The molecule has 4 rings (SSSR count). The Kier molecular flexibility index (Phi) is 9.14. The lowest BCUT2D eigenvalue weighted by molar-refractivity contribution is -0.129. The molecule has 1 atom stereocenters. The van der Waals surface area contributed by atoms with Gasteiger partial charge in [0.2, 0.25) is 11.8 Å². The highest BCUT2D eigenvalue weighted by Crippen LogP contribution is 2.30. The lowest BCUT2D eigenvalue weighted by atomic mass is 10.1. The smallest absolute Gasteiger partial charge is 0.338 e. The number of hydrogen-bond donors (Lipinski definition) is 1. The van der Waals surface area contributed by atoms with Gasteiger partial charge < -0.3 is 10.1 Å². The molecular weight excluding hydrogens is 554 g/mol. The van der Waals surface area contributed by atoms with Gasteiger partial charge in [0.15, 0.2) is 5.17 Å². The SMILES string of the molecule is CCOC(=O)c1ccc(N=C2SC(C(=O)Nc3ccc(Br)cc3)CC(=O)N2CCc2ccccc2)cc1. The van der Waals surface area contributed by atoms with Crippen molar-refractivity contribution in [3.63, 3.8) is 0 Å². The average molecular weight is 581 g/mol. The number of amidine groups is 1. The second-order valence-corrected chi connectivity index (χ2v) is 10.3. The van der Waals surface area contributed by atoms with E-state index in [2.05, 4.69) is 21.2 Å². The summed E-state index contributed by atoms with van der Waals surface area (Å²) in [5.74, 6) is -0.820. The van der Waals surface area contributed by atoms with Gasteiger partial charge in [0.05, 0.1) is 17.9 Å². The Labute approximate surface area is 228 Å². The normalized spacial score (nSPS) is 16.5. The van der Waals surface area contributed by atoms with Gasteiger partial charge in [0, 0.05) is 23.1 Å². The van der Waals surface area contributed by atoms with E-state index in [4.69, 9.17) is 9.73 Å². The molecule has 1 unspecified atom stereocenters. The molecule has 3 aromatic rings. The number of benzene rings is 3. The molecule has 1 heterocycles. The number of anilines is 1. The highest BCUT2D eigenvalue weighted by atomic mass is 79.9. The zero-order valence-electron chi connectivity index (χ0n) is 20.2. The minimum Gasteiger partial charge on any atom is -0.462 e. The van der Waals surface area contributed by atoms with Crippen LogP contribution < -0.4 is 5.32 Å². The number of carbonyl (C=O) groups is 3.